The topological polar surface area (TPSA) is 91.7 Å². The van der Waals surface area contributed by atoms with Gasteiger partial charge in [-0.1, -0.05) is 30.3 Å². The van der Waals surface area contributed by atoms with Crippen molar-refractivity contribution in [2.24, 2.45) is 0 Å². The molecule has 1 N–H and O–H groups in total. The second-order valence-electron chi connectivity index (χ2n) is 10.2. The zero-order valence-electron chi connectivity index (χ0n) is 21.4. The van der Waals surface area contributed by atoms with Gasteiger partial charge in [-0.05, 0) is 24.8 Å². The van der Waals surface area contributed by atoms with E-state index in [-0.39, 0.29) is 5.91 Å². The fourth-order valence-corrected chi connectivity index (χ4v) is 5.54. The number of aromatic nitrogens is 4. The highest BCUT2D eigenvalue weighted by Crippen LogP contribution is 2.26. The Bertz CT molecular complexity index is 1200. The van der Waals surface area contributed by atoms with Gasteiger partial charge >= 0.3 is 0 Å². The van der Waals surface area contributed by atoms with Crippen molar-refractivity contribution in [3.63, 3.8) is 0 Å². The summed E-state index contributed by atoms with van der Waals surface area (Å²) >= 11 is 0. The van der Waals surface area contributed by atoms with Crippen LogP contribution in [-0.4, -0.2) is 93.8 Å². The molecule has 1 amide bonds. The van der Waals surface area contributed by atoms with Gasteiger partial charge in [0.15, 0.2) is 17.0 Å². The molecule has 3 aromatic rings. The van der Waals surface area contributed by atoms with E-state index in [1.165, 1.54) is 5.56 Å². The molecule has 0 bridgehead atoms. The average molecular weight is 505 g/mol. The first-order chi connectivity index (χ1) is 18.2. The number of carbonyl (C=O) groups excluding carboxylic acids is 1. The van der Waals surface area contributed by atoms with Crippen LogP contribution in [-0.2, 0) is 22.6 Å². The Labute approximate surface area is 217 Å². The first kappa shape index (κ1) is 24.1. The maximum atomic E-state index is 12.1. The standard InChI is InChI=1S/C27H36N8O2/c36-23-7-4-10-33(23)13-14-35-20-28-24-25(30-27(31-26(24)35)34-15-17-37-18-16-34)29-22-8-11-32(12-9-22)19-21-5-2-1-3-6-21/h1-3,5-6,20,22H,4,7-19H2,(H,29,30,31). The largest absolute Gasteiger partial charge is 0.378 e. The second-order valence-corrected chi connectivity index (χ2v) is 10.2. The molecule has 37 heavy (non-hydrogen) atoms. The molecule has 0 radical (unpaired) electrons. The quantitative estimate of drug-likeness (QED) is 0.500. The molecule has 0 aliphatic carbocycles. The third-order valence-electron chi connectivity index (χ3n) is 7.71. The zero-order chi connectivity index (χ0) is 25.0. The van der Waals surface area contributed by atoms with Crippen molar-refractivity contribution in [2.75, 3.05) is 62.7 Å². The van der Waals surface area contributed by atoms with Crippen LogP contribution in [0.4, 0.5) is 11.8 Å². The number of hydrogen-bond acceptors (Lipinski definition) is 8. The minimum Gasteiger partial charge on any atom is -0.378 e. The predicted molar refractivity (Wildman–Crippen MR) is 143 cm³/mol. The van der Waals surface area contributed by atoms with Crippen molar-refractivity contribution in [3.05, 3.63) is 42.2 Å². The number of likely N-dealkylation sites (tertiary alicyclic amines) is 2. The molecule has 6 rings (SSSR count). The highest BCUT2D eigenvalue weighted by atomic mass is 16.5. The molecule has 0 saturated carbocycles. The molecule has 3 saturated heterocycles. The Morgan fingerprint density at radius 3 is 2.54 bits per heavy atom. The smallest absolute Gasteiger partial charge is 0.229 e. The molecule has 0 unspecified atom stereocenters. The fraction of sp³-hybridized carbons (Fsp3) is 0.556. The molecule has 196 valence electrons. The molecule has 10 heteroatoms. The number of fused-ring (bicyclic) bond motifs is 1. The van der Waals surface area contributed by atoms with E-state index < -0.39 is 0 Å². The van der Waals surface area contributed by atoms with E-state index in [2.05, 4.69) is 50.0 Å². The van der Waals surface area contributed by atoms with E-state index in [9.17, 15) is 4.79 Å². The van der Waals surface area contributed by atoms with Crippen LogP contribution in [0, 0.1) is 0 Å². The van der Waals surface area contributed by atoms with Crippen LogP contribution >= 0.6 is 0 Å². The summed E-state index contributed by atoms with van der Waals surface area (Å²) in [5.41, 5.74) is 2.99. The molecule has 10 nitrogen and oxygen atoms in total. The third kappa shape index (κ3) is 5.55. The van der Waals surface area contributed by atoms with Gasteiger partial charge in [0.25, 0.3) is 0 Å². The van der Waals surface area contributed by atoms with E-state index in [1.807, 2.05) is 11.2 Å². The molecule has 0 atom stereocenters. The number of benzene rings is 1. The summed E-state index contributed by atoms with van der Waals surface area (Å²) in [5, 5.41) is 3.73. The molecular formula is C27H36N8O2. The average Bonchev–Trinajstić information content (AvgIpc) is 3.55. The van der Waals surface area contributed by atoms with Gasteiger partial charge in [-0.15, -0.1) is 0 Å². The molecule has 2 aromatic heterocycles. The maximum absolute atomic E-state index is 12.1. The Morgan fingerprint density at radius 1 is 0.973 bits per heavy atom. The summed E-state index contributed by atoms with van der Waals surface area (Å²) in [6.07, 6.45) is 5.57. The number of imidazole rings is 1. The van der Waals surface area contributed by atoms with Crippen LogP contribution in [0.15, 0.2) is 36.7 Å². The predicted octanol–water partition coefficient (Wildman–Crippen LogP) is 2.36. The van der Waals surface area contributed by atoms with Crippen molar-refractivity contribution in [1.82, 2.24) is 29.3 Å². The van der Waals surface area contributed by atoms with E-state index in [0.717, 1.165) is 81.5 Å². The lowest BCUT2D eigenvalue weighted by molar-refractivity contribution is -0.127. The van der Waals surface area contributed by atoms with Gasteiger partial charge < -0.3 is 24.4 Å². The normalized spacial score (nSPS) is 19.7. The number of rotatable bonds is 8. The third-order valence-corrected chi connectivity index (χ3v) is 7.71. The summed E-state index contributed by atoms with van der Waals surface area (Å²) in [6.45, 7) is 8.22. The van der Waals surface area contributed by atoms with Crippen LogP contribution in [0.2, 0.25) is 0 Å². The number of carbonyl (C=O) groups is 1. The molecule has 5 heterocycles. The Morgan fingerprint density at radius 2 is 1.78 bits per heavy atom. The lowest BCUT2D eigenvalue weighted by Crippen LogP contribution is -2.39. The number of ether oxygens (including phenoxy) is 1. The van der Waals surface area contributed by atoms with Crippen LogP contribution in [0.1, 0.15) is 31.2 Å². The van der Waals surface area contributed by atoms with Crippen molar-refractivity contribution in [3.8, 4) is 0 Å². The van der Waals surface area contributed by atoms with Crippen LogP contribution < -0.4 is 10.2 Å². The summed E-state index contributed by atoms with van der Waals surface area (Å²) in [5.74, 6) is 1.77. The highest BCUT2D eigenvalue weighted by molar-refractivity contribution is 5.84. The van der Waals surface area contributed by atoms with E-state index >= 15 is 0 Å². The number of morpholine rings is 1. The number of nitrogens with one attached hydrogen (secondary N) is 1. The van der Waals surface area contributed by atoms with Crippen molar-refractivity contribution >= 4 is 28.8 Å². The van der Waals surface area contributed by atoms with Crippen molar-refractivity contribution in [2.45, 2.75) is 44.8 Å². The number of hydrogen-bond donors (Lipinski definition) is 1. The summed E-state index contributed by atoms with van der Waals surface area (Å²) < 4.78 is 7.62. The van der Waals surface area contributed by atoms with Crippen molar-refractivity contribution < 1.29 is 9.53 Å². The van der Waals surface area contributed by atoms with Crippen LogP contribution in [0.25, 0.3) is 11.2 Å². The molecule has 1 aromatic carbocycles. The Kier molecular flexibility index (Phi) is 7.18. The molecular weight excluding hydrogens is 468 g/mol. The van der Waals surface area contributed by atoms with E-state index in [0.29, 0.717) is 38.8 Å². The molecule has 3 aliphatic heterocycles. The number of anilines is 2. The van der Waals surface area contributed by atoms with Gasteiger partial charge in [0.1, 0.15) is 0 Å². The number of nitrogens with zero attached hydrogens (tertiary/aromatic N) is 7. The van der Waals surface area contributed by atoms with Gasteiger partial charge in [0.05, 0.1) is 19.5 Å². The first-order valence-electron chi connectivity index (χ1n) is 13.6. The Hall–Kier alpha value is -3.24. The van der Waals surface area contributed by atoms with Gasteiger partial charge in [-0.3, -0.25) is 9.69 Å². The lowest BCUT2D eigenvalue weighted by Gasteiger charge is -2.33. The first-order valence-corrected chi connectivity index (χ1v) is 13.6. The minimum atomic E-state index is 0.244. The summed E-state index contributed by atoms with van der Waals surface area (Å²) in [7, 11) is 0. The van der Waals surface area contributed by atoms with Gasteiger partial charge in [-0.2, -0.15) is 9.97 Å². The van der Waals surface area contributed by atoms with Gasteiger partial charge in [0, 0.05) is 64.8 Å². The van der Waals surface area contributed by atoms with E-state index in [4.69, 9.17) is 19.7 Å². The maximum Gasteiger partial charge on any atom is 0.229 e. The number of piperidine rings is 1. The second kappa shape index (κ2) is 11.0. The molecule has 3 aliphatic rings. The lowest BCUT2D eigenvalue weighted by atomic mass is 10.0. The number of amides is 1. The molecule has 3 fully saturated rings. The SMILES string of the molecule is O=C1CCCN1CCn1cnc2c(NC3CCN(Cc4ccccc4)CC3)nc(N3CCOCC3)nc21. The van der Waals surface area contributed by atoms with Gasteiger partial charge in [-0.25, -0.2) is 4.98 Å². The summed E-state index contributed by atoms with van der Waals surface area (Å²) in [4.78, 5) is 33.4. The fourth-order valence-electron chi connectivity index (χ4n) is 5.54. The highest BCUT2D eigenvalue weighted by Gasteiger charge is 2.25. The molecule has 0 spiro atoms. The Balaban J connectivity index is 1.18. The van der Waals surface area contributed by atoms with Gasteiger partial charge in [0.2, 0.25) is 11.9 Å². The van der Waals surface area contributed by atoms with Crippen LogP contribution in [0.5, 0.6) is 0 Å². The van der Waals surface area contributed by atoms with E-state index in [1.54, 1.807) is 0 Å². The monoisotopic (exact) mass is 504 g/mol. The van der Waals surface area contributed by atoms with Crippen molar-refractivity contribution in [1.29, 1.82) is 0 Å². The summed E-state index contributed by atoms with van der Waals surface area (Å²) in [6, 6.07) is 11.0. The minimum absolute atomic E-state index is 0.244. The van der Waals surface area contributed by atoms with Crippen LogP contribution in [0.3, 0.4) is 0 Å². The zero-order valence-corrected chi connectivity index (χ0v) is 21.4.